The lowest BCUT2D eigenvalue weighted by Gasteiger charge is -2.06. The number of benzene rings is 2. The van der Waals surface area contributed by atoms with Crippen molar-refractivity contribution in [2.75, 3.05) is 13.1 Å². The van der Waals surface area contributed by atoms with Crippen LogP contribution in [0.3, 0.4) is 0 Å². The molecule has 2 aromatic carbocycles. The van der Waals surface area contributed by atoms with E-state index in [1.54, 1.807) is 12.1 Å². The van der Waals surface area contributed by atoms with Gasteiger partial charge in [0.05, 0.1) is 6.54 Å². The van der Waals surface area contributed by atoms with Crippen molar-refractivity contribution in [2.24, 2.45) is 0 Å². The van der Waals surface area contributed by atoms with Gasteiger partial charge in [-0.15, -0.1) is 0 Å². The fraction of sp³-hybridized carbons (Fsp3) is 0.150. The van der Waals surface area contributed by atoms with E-state index in [-0.39, 0.29) is 24.0 Å². The van der Waals surface area contributed by atoms with Crippen LogP contribution in [0.5, 0.6) is 0 Å². The van der Waals surface area contributed by atoms with Crippen LogP contribution in [0.25, 0.3) is 11.3 Å². The number of hydrogen-bond acceptors (Lipinski definition) is 4. The number of halogens is 1. The predicted molar refractivity (Wildman–Crippen MR) is 97.4 cm³/mol. The van der Waals surface area contributed by atoms with Crippen molar-refractivity contribution in [3.8, 4) is 11.3 Å². The lowest BCUT2D eigenvalue weighted by Crippen LogP contribution is -2.37. The molecule has 1 aromatic heterocycles. The molecule has 6 nitrogen and oxygen atoms in total. The fourth-order valence-corrected chi connectivity index (χ4v) is 2.43. The van der Waals surface area contributed by atoms with Crippen LogP contribution in [0.4, 0.5) is 4.39 Å². The minimum Gasteiger partial charge on any atom is -0.355 e. The Morgan fingerprint density at radius 1 is 1.00 bits per heavy atom. The van der Waals surface area contributed by atoms with Crippen LogP contribution in [0.2, 0.25) is 0 Å². The number of hydrogen-bond donors (Lipinski definition) is 2. The highest BCUT2D eigenvalue weighted by atomic mass is 19.1. The topological polar surface area (TPSA) is 84.2 Å². The van der Waals surface area contributed by atoms with Gasteiger partial charge in [-0.2, -0.15) is 0 Å². The van der Waals surface area contributed by atoms with Crippen molar-refractivity contribution in [2.45, 2.75) is 6.42 Å². The van der Waals surface area contributed by atoms with Crippen molar-refractivity contribution in [1.29, 1.82) is 0 Å². The third-order valence-corrected chi connectivity index (χ3v) is 3.86. The van der Waals surface area contributed by atoms with Crippen molar-refractivity contribution in [3.63, 3.8) is 0 Å². The first kappa shape index (κ1) is 18.3. The molecule has 0 fully saturated rings. The first-order valence-electron chi connectivity index (χ1n) is 8.43. The van der Waals surface area contributed by atoms with Crippen molar-refractivity contribution in [1.82, 2.24) is 15.8 Å². The fourth-order valence-electron chi connectivity index (χ4n) is 2.43. The van der Waals surface area contributed by atoms with Gasteiger partial charge in [0.15, 0.2) is 11.5 Å². The van der Waals surface area contributed by atoms with E-state index >= 15 is 0 Å². The zero-order valence-electron chi connectivity index (χ0n) is 14.4. The van der Waals surface area contributed by atoms with Gasteiger partial charge in [0.25, 0.3) is 5.91 Å². The summed E-state index contributed by atoms with van der Waals surface area (Å²) in [7, 11) is 0. The zero-order valence-corrected chi connectivity index (χ0v) is 14.4. The molecular weight excluding hydrogens is 349 g/mol. The van der Waals surface area contributed by atoms with E-state index in [4.69, 9.17) is 4.52 Å². The number of carbonyl (C=O) groups excluding carboxylic acids is 2. The molecule has 0 saturated heterocycles. The largest absolute Gasteiger partial charge is 0.355 e. The highest BCUT2D eigenvalue weighted by Crippen LogP contribution is 2.19. The van der Waals surface area contributed by atoms with Gasteiger partial charge >= 0.3 is 0 Å². The van der Waals surface area contributed by atoms with Gasteiger partial charge in [0.1, 0.15) is 5.82 Å². The van der Waals surface area contributed by atoms with Crippen LogP contribution in [0, 0.1) is 5.82 Å². The molecule has 0 aliphatic heterocycles. The molecule has 3 rings (SSSR count). The van der Waals surface area contributed by atoms with E-state index in [0.717, 1.165) is 11.1 Å². The summed E-state index contributed by atoms with van der Waals surface area (Å²) >= 11 is 0. The number of rotatable bonds is 7. The quantitative estimate of drug-likeness (QED) is 0.672. The molecular formula is C20H18FN3O3. The smallest absolute Gasteiger partial charge is 0.273 e. The molecule has 0 radical (unpaired) electrons. The predicted octanol–water partition coefficient (Wildman–Crippen LogP) is 2.57. The highest BCUT2D eigenvalue weighted by Gasteiger charge is 2.14. The Kier molecular flexibility index (Phi) is 5.94. The van der Waals surface area contributed by atoms with Gasteiger partial charge in [0, 0.05) is 18.2 Å². The van der Waals surface area contributed by atoms with Crippen LogP contribution >= 0.6 is 0 Å². The minimum absolute atomic E-state index is 0.105. The van der Waals surface area contributed by atoms with E-state index in [1.165, 1.54) is 18.2 Å². The molecule has 0 saturated carbocycles. The average Bonchev–Trinajstić information content (AvgIpc) is 3.19. The maximum absolute atomic E-state index is 12.8. The number of amides is 2. The van der Waals surface area contributed by atoms with Gasteiger partial charge in [-0.1, -0.05) is 47.6 Å². The number of carbonyl (C=O) groups is 2. The van der Waals surface area contributed by atoms with Crippen LogP contribution in [-0.2, 0) is 11.2 Å². The zero-order chi connectivity index (χ0) is 19.1. The Labute approximate surface area is 155 Å². The van der Waals surface area contributed by atoms with E-state index in [2.05, 4.69) is 15.8 Å². The van der Waals surface area contributed by atoms with Crippen molar-refractivity contribution < 1.29 is 18.5 Å². The number of nitrogens with zero attached hydrogens (tertiary/aromatic N) is 1. The lowest BCUT2D eigenvalue weighted by atomic mass is 10.1. The summed E-state index contributed by atoms with van der Waals surface area (Å²) in [6.07, 6.45) is 0.573. The second-order valence-corrected chi connectivity index (χ2v) is 5.85. The molecule has 2 N–H and O–H groups in total. The standard InChI is InChI=1S/C20H18FN3O3/c21-16-8-6-14(7-9-16)10-11-22-19(25)13-23-20(26)17-12-18(27-24-17)15-4-2-1-3-5-15/h1-9,12H,10-11,13H2,(H,22,25)(H,23,26). The summed E-state index contributed by atoms with van der Waals surface area (Å²) in [6, 6.07) is 16.9. The van der Waals surface area contributed by atoms with E-state index < -0.39 is 5.91 Å². The first-order valence-corrected chi connectivity index (χ1v) is 8.43. The summed E-state index contributed by atoms with van der Waals surface area (Å²) in [5, 5.41) is 8.92. The van der Waals surface area contributed by atoms with Crippen LogP contribution in [0.1, 0.15) is 16.1 Å². The molecule has 2 amide bonds. The Morgan fingerprint density at radius 3 is 2.48 bits per heavy atom. The van der Waals surface area contributed by atoms with Crippen molar-refractivity contribution in [3.05, 3.63) is 77.7 Å². The summed E-state index contributed by atoms with van der Waals surface area (Å²) in [6.45, 7) is 0.220. The first-order chi connectivity index (χ1) is 13.1. The van der Waals surface area contributed by atoms with Gasteiger partial charge < -0.3 is 15.2 Å². The van der Waals surface area contributed by atoms with Gasteiger partial charge in [-0.25, -0.2) is 4.39 Å². The minimum atomic E-state index is -0.491. The molecule has 27 heavy (non-hydrogen) atoms. The highest BCUT2D eigenvalue weighted by molar-refractivity contribution is 5.95. The Hall–Kier alpha value is -3.48. The Bertz CT molecular complexity index is 908. The third kappa shape index (κ3) is 5.24. The molecule has 0 unspecified atom stereocenters. The molecule has 0 spiro atoms. The molecule has 3 aromatic rings. The number of nitrogens with one attached hydrogen (secondary N) is 2. The van der Waals surface area contributed by atoms with Crippen LogP contribution < -0.4 is 10.6 Å². The summed E-state index contributed by atoms with van der Waals surface area (Å²) in [5.41, 5.74) is 1.83. The third-order valence-electron chi connectivity index (χ3n) is 3.86. The van der Waals surface area contributed by atoms with Gasteiger partial charge in [-0.05, 0) is 24.1 Å². The normalized spacial score (nSPS) is 10.4. The van der Waals surface area contributed by atoms with Crippen molar-refractivity contribution >= 4 is 11.8 Å². The second kappa shape index (κ2) is 8.75. The number of aromatic nitrogens is 1. The Balaban J connectivity index is 1.43. The lowest BCUT2D eigenvalue weighted by molar-refractivity contribution is -0.120. The molecule has 0 aliphatic rings. The summed E-state index contributed by atoms with van der Waals surface area (Å²) in [4.78, 5) is 23.9. The molecule has 7 heteroatoms. The van der Waals surface area contributed by atoms with Crippen LogP contribution in [-0.4, -0.2) is 30.1 Å². The molecule has 0 bridgehead atoms. The van der Waals surface area contributed by atoms with E-state index in [0.29, 0.717) is 18.7 Å². The molecule has 1 heterocycles. The summed E-state index contributed by atoms with van der Waals surface area (Å²) in [5.74, 6) is -0.634. The maximum Gasteiger partial charge on any atom is 0.273 e. The average molecular weight is 367 g/mol. The van der Waals surface area contributed by atoms with E-state index in [1.807, 2.05) is 30.3 Å². The maximum atomic E-state index is 12.8. The summed E-state index contributed by atoms with van der Waals surface area (Å²) < 4.78 is 18.0. The second-order valence-electron chi connectivity index (χ2n) is 5.85. The SMILES string of the molecule is O=C(CNC(=O)c1cc(-c2ccccc2)on1)NCCc1ccc(F)cc1. The van der Waals surface area contributed by atoms with Crippen LogP contribution in [0.15, 0.2) is 65.2 Å². The molecule has 0 atom stereocenters. The molecule has 138 valence electrons. The van der Waals surface area contributed by atoms with E-state index in [9.17, 15) is 14.0 Å². The van der Waals surface area contributed by atoms with Gasteiger partial charge in [0.2, 0.25) is 5.91 Å². The monoisotopic (exact) mass is 367 g/mol. The van der Waals surface area contributed by atoms with Gasteiger partial charge in [-0.3, -0.25) is 9.59 Å². The molecule has 0 aliphatic carbocycles. The Morgan fingerprint density at radius 2 is 1.74 bits per heavy atom.